The van der Waals surface area contributed by atoms with E-state index in [9.17, 15) is 20.1 Å². The van der Waals surface area contributed by atoms with Crippen molar-refractivity contribution in [2.24, 2.45) is 5.92 Å². The number of carbonyl (C=O) groups is 1. The maximum Gasteiger partial charge on any atom is 0.366 e. The van der Waals surface area contributed by atoms with Crippen molar-refractivity contribution in [1.82, 2.24) is 0 Å². The van der Waals surface area contributed by atoms with E-state index >= 15 is 0 Å². The molecule has 1 aliphatic heterocycles. The van der Waals surface area contributed by atoms with Gasteiger partial charge in [-0.3, -0.25) is 0 Å². The summed E-state index contributed by atoms with van der Waals surface area (Å²) < 4.78 is 15.1. The first-order chi connectivity index (χ1) is 9.32. The summed E-state index contributed by atoms with van der Waals surface area (Å²) in [6.45, 7) is 0.918. The molecule has 1 aliphatic rings. The summed E-state index contributed by atoms with van der Waals surface area (Å²) in [4.78, 5) is 11.8. The molecular formula is C12H22O8. The molecule has 4 N–H and O–H groups in total. The smallest absolute Gasteiger partial charge is 0.366 e. The van der Waals surface area contributed by atoms with E-state index in [1.165, 1.54) is 7.11 Å². The molecule has 6 atom stereocenters. The Hall–Kier alpha value is -0.770. The molecule has 20 heavy (non-hydrogen) atoms. The van der Waals surface area contributed by atoms with E-state index in [0.29, 0.717) is 0 Å². The van der Waals surface area contributed by atoms with Crippen LogP contribution in [0, 0.1) is 5.92 Å². The molecular weight excluding hydrogens is 272 g/mol. The Kier molecular flexibility index (Phi) is 5.87. The molecule has 0 spiro atoms. The lowest BCUT2D eigenvalue weighted by atomic mass is 9.84. The third-order valence-corrected chi connectivity index (χ3v) is 3.67. The minimum atomic E-state index is -1.85. The van der Waals surface area contributed by atoms with Gasteiger partial charge in [-0.2, -0.15) is 0 Å². The SMILES string of the molecule is COC(=O)C1(OC)CC(O)C(C)C(C(O)C(O)CO)O1. The van der Waals surface area contributed by atoms with E-state index in [0.717, 1.165) is 7.11 Å². The number of carbonyl (C=O) groups excluding carboxylic acids is 1. The van der Waals surface area contributed by atoms with E-state index in [1.54, 1.807) is 6.92 Å². The largest absolute Gasteiger partial charge is 0.465 e. The predicted octanol–water partition coefficient (Wildman–Crippen LogP) is -2.00. The van der Waals surface area contributed by atoms with Gasteiger partial charge >= 0.3 is 5.97 Å². The molecule has 8 nitrogen and oxygen atoms in total. The Bertz CT molecular complexity index is 335. The third kappa shape index (κ3) is 3.11. The Balaban J connectivity index is 3.02. The summed E-state index contributed by atoms with van der Waals surface area (Å²) in [6.07, 6.45) is -5.20. The van der Waals surface area contributed by atoms with Gasteiger partial charge in [-0.25, -0.2) is 4.79 Å². The number of esters is 1. The van der Waals surface area contributed by atoms with E-state index < -0.39 is 48.7 Å². The molecule has 6 unspecified atom stereocenters. The maximum atomic E-state index is 11.8. The fourth-order valence-corrected chi connectivity index (χ4v) is 2.26. The first kappa shape index (κ1) is 17.3. The van der Waals surface area contributed by atoms with Crippen molar-refractivity contribution in [3.63, 3.8) is 0 Å². The van der Waals surface area contributed by atoms with Crippen LogP contribution < -0.4 is 0 Å². The van der Waals surface area contributed by atoms with Crippen molar-refractivity contribution in [2.75, 3.05) is 20.8 Å². The molecule has 0 amide bonds. The van der Waals surface area contributed by atoms with Crippen LogP contribution in [0.15, 0.2) is 0 Å². The third-order valence-electron chi connectivity index (χ3n) is 3.67. The van der Waals surface area contributed by atoms with Gasteiger partial charge in [0, 0.05) is 19.4 Å². The van der Waals surface area contributed by atoms with Crippen molar-refractivity contribution in [3.8, 4) is 0 Å². The number of aliphatic hydroxyl groups excluding tert-OH is 4. The van der Waals surface area contributed by atoms with Gasteiger partial charge in [0.25, 0.3) is 5.79 Å². The number of hydrogen-bond donors (Lipinski definition) is 4. The Morgan fingerprint density at radius 2 is 2.05 bits per heavy atom. The van der Waals surface area contributed by atoms with Gasteiger partial charge in [0.15, 0.2) is 0 Å². The first-order valence-corrected chi connectivity index (χ1v) is 6.29. The number of ether oxygens (including phenoxy) is 3. The van der Waals surface area contributed by atoms with Crippen LogP contribution in [-0.2, 0) is 19.0 Å². The lowest BCUT2D eigenvalue weighted by molar-refractivity contribution is -0.311. The van der Waals surface area contributed by atoms with Crippen LogP contribution in [0.3, 0.4) is 0 Å². The number of aliphatic hydroxyl groups is 4. The Morgan fingerprint density at radius 3 is 2.50 bits per heavy atom. The van der Waals surface area contributed by atoms with Crippen molar-refractivity contribution >= 4 is 5.97 Å². The van der Waals surface area contributed by atoms with Gasteiger partial charge in [0.05, 0.1) is 25.9 Å². The molecule has 0 aliphatic carbocycles. The molecule has 8 heteroatoms. The summed E-state index contributed by atoms with van der Waals surface area (Å²) in [5.41, 5.74) is 0. The van der Waals surface area contributed by atoms with Crippen LogP contribution in [-0.4, -0.2) is 77.4 Å². The molecule has 118 valence electrons. The minimum absolute atomic E-state index is 0.157. The van der Waals surface area contributed by atoms with Crippen molar-refractivity contribution < 1.29 is 39.4 Å². The summed E-state index contributed by atoms with van der Waals surface area (Å²) in [7, 11) is 2.36. The average Bonchev–Trinajstić information content (AvgIpc) is 2.47. The highest BCUT2D eigenvalue weighted by Crippen LogP contribution is 2.36. The van der Waals surface area contributed by atoms with E-state index in [4.69, 9.17) is 14.6 Å². The zero-order valence-electron chi connectivity index (χ0n) is 11.7. The lowest BCUT2D eigenvalue weighted by Gasteiger charge is -2.45. The molecule has 0 saturated carbocycles. The van der Waals surface area contributed by atoms with Gasteiger partial charge in [0.2, 0.25) is 0 Å². The summed E-state index contributed by atoms with van der Waals surface area (Å²) in [5, 5.41) is 38.4. The molecule has 0 aromatic heterocycles. The van der Waals surface area contributed by atoms with Crippen LogP contribution >= 0.6 is 0 Å². The Labute approximate surface area is 116 Å². The number of methoxy groups -OCH3 is 2. The van der Waals surface area contributed by atoms with E-state index in [-0.39, 0.29) is 6.42 Å². The first-order valence-electron chi connectivity index (χ1n) is 6.29. The highest BCUT2D eigenvalue weighted by atomic mass is 16.7. The van der Waals surface area contributed by atoms with Crippen LogP contribution in [0.4, 0.5) is 0 Å². The van der Waals surface area contributed by atoms with Crippen molar-refractivity contribution in [2.45, 2.75) is 43.5 Å². The average molecular weight is 294 g/mol. The summed E-state index contributed by atoms with van der Waals surface area (Å²) in [6, 6.07) is 0. The fraction of sp³-hybridized carbons (Fsp3) is 0.917. The van der Waals surface area contributed by atoms with Gasteiger partial charge in [-0.15, -0.1) is 0 Å². The van der Waals surface area contributed by atoms with Crippen LogP contribution in [0.25, 0.3) is 0 Å². The normalized spacial score (nSPS) is 37.2. The lowest BCUT2D eigenvalue weighted by Crippen LogP contribution is -2.61. The molecule has 1 rings (SSSR count). The molecule has 1 fully saturated rings. The maximum absolute atomic E-state index is 11.8. The van der Waals surface area contributed by atoms with Crippen LogP contribution in [0.5, 0.6) is 0 Å². The zero-order valence-corrected chi connectivity index (χ0v) is 11.7. The van der Waals surface area contributed by atoms with E-state index in [2.05, 4.69) is 4.74 Å². The summed E-state index contributed by atoms with van der Waals surface area (Å²) in [5.74, 6) is -3.26. The highest BCUT2D eigenvalue weighted by molar-refractivity contribution is 5.78. The molecule has 1 saturated heterocycles. The monoisotopic (exact) mass is 294 g/mol. The van der Waals surface area contributed by atoms with Crippen molar-refractivity contribution in [1.29, 1.82) is 0 Å². The summed E-state index contributed by atoms with van der Waals surface area (Å²) >= 11 is 0. The van der Waals surface area contributed by atoms with Crippen LogP contribution in [0.2, 0.25) is 0 Å². The zero-order chi connectivity index (χ0) is 15.5. The highest BCUT2D eigenvalue weighted by Gasteiger charge is 2.54. The molecule has 0 aromatic carbocycles. The number of rotatable bonds is 5. The quantitative estimate of drug-likeness (QED) is 0.429. The van der Waals surface area contributed by atoms with Gasteiger partial charge in [-0.1, -0.05) is 6.92 Å². The molecule has 0 radical (unpaired) electrons. The van der Waals surface area contributed by atoms with Gasteiger partial charge in [0.1, 0.15) is 12.2 Å². The second-order valence-electron chi connectivity index (χ2n) is 4.90. The molecule has 1 heterocycles. The van der Waals surface area contributed by atoms with Crippen LogP contribution in [0.1, 0.15) is 13.3 Å². The van der Waals surface area contributed by atoms with E-state index in [1.807, 2.05) is 0 Å². The fourth-order valence-electron chi connectivity index (χ4n) is 2.26. The van der Waals surface area contributed by atoms with Gasteiger partial charge in [-0.05, 0) is 0 Å². The standard InChI is InChI=1S/C12H22O8/c1-6-7(14)4-12(19-3,11(17)18-2)20-10(6)9(16)8(15)5-13/h6-10,13-16H,4-5H2,1-3H3. The predicted molar refractivity (Wildman–Crippen MR) is 65.5 cm³/mol. The topological polar surface area (TPSA) is 126 Å². The minimum Gasteiger partial charge on any atom is -0.465 e. The van der Waals surface area contributed by atoms with Gasteiger partial charge < -0.3 is 34.6 Å². The second kappa shape index (κ2) is 6.79. The molecule has 0 bridgehead atoms. The number of hydrogen-bond acceptors (Lipinski definition) is 8. The molecule has 0 aromatic rings. The van der Waals surface area contributed by atoms with Crippen molar-refractivity contribution in [3.05, 3.63) is 0 Å². The Morgan fingerprint density at radius 1 is 1.45 bits per heavy atom. The second-order valence-corrected chi connectivity index (χ2v) is 4.90.